The fourth-order valence-electron chi connectivity index (χ4n) is 7.62. The number of hydrogen-bond donors (Lipinski definition) is 0. The molecule has 0 aliphatic carbocycles. The molecule has 0 atom stereocenters. The van der Waals surface area contributed by atoms with Crippen molar-refractivity contribution in [3.8, 4) is 78.5 Å². The van der Waals surface area contributed by atoms with E-state index in [2.05, 4.69) is 168 Å². The van der Waals surface area contributed by atoms with Crippen LogP contribution in [0.5, 0.6) is 0 Å². The highest BCUT2D eigenvalue weighted by Gasteiger charge is 2.16. The zero-order valence-electron chi connectivity index (χ0n) is 30.4. The molecule has 0 aliphatic heterocycles. The summed E-state index contributed by atoms with van der Waals surface area (Å²) < 4.78 is 0. The van der Waals surface area contributed by atoms with Crippen molar-refractivity contribution in [1.82, 2.24) is 19.9 Å². The molecule has 0 aliphatic rings. The van der Waals surface area contributed by atoms with Crippen LogP contribution >= 0.6 is 0 Å². The largest absolute Gasteiger partial charge is 0.255 e. The fourth-order valence-corrected chi connectivity index (χ4v) is 7.62. The highest BCUT2D eigenvalue weighted by Crippen LogP contribution is 2.40. The van der Waals surface area contributed by atoms with E-state index in [1.807, 2.05) is 36.4 Å². The normalized spacial score (nSPS) is 11.2. The topological polar surface area (TPSA) is 51.6 Å². The van der Waals surface area contributed by atoms with E-state index in [4.69, 9.17) is 9.97 Å². The van der Waals surface area contributed by atoms with Crippen molar-refractivity contribution in [3.05, 3.63) is 207 Å². The summed E-state index contributed by atoms with van der Waals surface area (Å²) in [4.78, 5) is 19.4. The Morgan fingerprint density at radius 3 is 1.48 bits per heavy atom. The molecule has 0 saturated carbocycles. The maximum absolute atomic E-state index is 5.24. The fraction of sp³-hybridized carbons (Fsp3) is 0. The molecule has 4 nitrogen and oxygen atoms in total. The zero-order valence-corrected chi connectivity index (χ0v) is 30.4. The Kier molecular flexibility index (Phi) is 8.47. The first-order valence-corrected chi connectivity index (χ1v) is 18.8. The molecule has 0 bridgehead atoms. The summed E-state index contributed by atoms with van der Waals surface area (Å²) in [5.74, 6) is 0. The Labute approximate surface area is 325 Å². The van der Waals surface area contributed by atoms with Gasteiger partial charge in [0, 0.05) is 34.1 Å². The second kappa shape index (κ2) is 14.3. The molecule has 4 aromatic heterocycles. The monoisotopic (exact) mass is 714 g/mol. The molecule has 4 heterocycles. The molecular weight excluding hydrogens is 681 g/mol. The second-order valence-corrected chi connectivity index (χ2v) is 13.9. The standard InChI is InChI=1S/C52H34N4/c1-2-12-35(13-3-1)36-26-28-39(29-27-36)52-45-18-11-17-43(51(45)44-16-4-5-19-46(44)56-52)41-15-10-14-40(32-41)37-22-24-38(25-23-37)42-33-49(47-20-6-8-30-53-47)55-50(34-42)48-21-7-9-31-54-48/h1-34H. The summed E-state index contributed by atoms with van der Waals surface area (Å²) in [5, 5.41) is 3.48. The lowest BCUT2D eigenvalue weighted by molar-refractivity contribution is 1.22. The summed E-state index contributed by atoms with van der Waals surface area (Å²) in [6.07, 6.45) is 3.60. The molecule has 262 valence electrons. The van der Waals surface area contributed by atoms with E-state index in [0.29, 0.717) is 0 Å². The maximum atomic E-state index is 5.24. The molecule has 56 heavy (non-hydrogen) atoms. The predicted octanol–water partition coefficient (Wildman–Crippen LogP) is 13.2. The molecule has 6 aromatic carbocycles. The molecule has 10 aromatic rings. The van der Waals surface area contributed by atoms with Gasteiger partial charge in [-0.2, -0.15) is 0 Å². The van der Waals surface area contributed by atoms with Crippen LogP contribution in [0.15, 0.2) is 207 Å². The number of fused-ring (bicyclic) bond motifs is 3. The summed E-state index contributed by atoms with van der Waals surface area (Å²) in [6.45, 7) is 0. The number of benzene rings is 6. The molecule has 0 radical (unpaired) electrons. The molecule has 10 rings (SSSR count). The first-order chi connectivity index (χ1) is 27.7. The number of hydrogen-bond acceptors (Lipinski definition) is 4. The number of aromatic nitrogens is 4. The van der Waals surface area contributed by atoms with Gasteiger partial charge in [0.2, 0.25) is 0 Å². The van der Waals surface area contributed by atoms with Crippen molar-refractivity contribution in [2.45, 2.75) is 0 Å². The van der Waals surface area contributed by atoms with Gasteiger partial charge in [0.05, 0.1) is 34.0 Å². The van der Waals surface area contributed by atoms with Crippen molar-refractivity contribution < 1.29 is 0 Å². The number of pyridine rings is 4. The van der Waals surface area contributed by atoms with E-state index in [1.165, 1.54) is 22.1 Å². The van der Waals surface area contributed by atoms with Crippen LogP contribution in [0.2, 0.25) is 0 Å². The van der Waals surface area contributed by atoms with Crippen LogP contribution in [-0.2, 0) is 0 Å². The van der Waals surface area contributed by atoms with Gasteiger partial charge in [0.25, 0.3) is 0 Å². The van der Waals surface area contributed by atoms with E-state index in [0.717, 1.165) is 78.1 Å². The van der Waals surface area contributed by atoms with Crippen molar-refractivity contribution in [2.75, 3.05) is 0 Å². The minimum Gasteiger partial charge on any atom is -0.255 e. The summed E-state index contributed by atoms with van der Waals surface area (Å²) in [5.41, 5.74) is 15.5. The Bertz CT molecular complexity index is 2920. The van der Waals surface area contributed by atoms with Crippen LogP contribution in [0.4, 0.5) is 0 Å². The van der Waals surface area contributed by atoms with Gasteiger partial charge in [0.1, 0.15) is 0 Å². The van der Waals surface area contributed by atoms with Crippen LogP contribution in [0.1, 0.15) is 0 Å². The molecule has 0 fully saturated rings. The summed E-state index contributed by atoms with van der Waals surface area (Å²) >= 11 is 0. The van der Waals surface area contributed by atoms with E-state index in [9.17, 15) is 0 Å². The SMILES string of the molecule is c1ccc(-c2ccc(-c3nc4ccccc4c4c(-c5cccc(-c6ccc(-c7cc(-c8ccccn8)nc(-c8ccccn8)c7)cc6)c5)cccc34)cc2)cc1. The number of nitrogens with zero attached hydrogens (tertiary/aromatic N) is 4. The van der Waals surface area contributed by atoms with E-state index in [1.54, 1.807) is 12.4 Å². The quantitative estimate of drug-likeness (QED) is 0.154. The summed E-state index contributed by atoms with van der Waals surface area (Å²) in [7, 11) is 0. The van der Waals surface area contributed by atoms with Gasteiger partial charge in [-0.05, 0) is 93.0 Å². The van der Waals surface area contributed by atoms with Gasteiger partial charge in [-0.1, -0.05) is 146 Å². The molecule has 0 spiro atoms. The summed E-state index contributed by atoms with van der Waals surface area (Å²) in [6, 6.07) is 68.0. The first kappa shape index (κ1) is 33.0. The Balaban J connectivity index is 1.03. The Hall–Kier alpha value is -7.56. The lowest BCUT2D eigenvalue weighted by atomic mass is 9.91. The van der Waals surface area contributed by atoms with Crippen LogP contribution in [-0.4, -0.2) is 19.9 Å². The predicted molar refractivity (Wildman–Crippen MR) is 231 cm³/mol. The molecule has 0 amide bonds. The molecule has 0 N–H and O–H groups in total. The van der Waals surface area contributed by atoms with Crippen LogP contribution in [0, 0.1) is 0 Å². The van der Waals surface area contributed by atoms with Crippen LogP contribution < -0.4 is 0 Å². The third-order valence-corrected chi connectivity index (χ3v) is 10.4. The zero-order chi connectivity index (χ0) is 37.3. The Morgan fingerprint density at radius 1 is 0.286 bits per heavy atom. The minimum absolute atomic E-state index is 0.811. The minimum atomic E-state index is 0.811. The number of rotatable bonds is 7. The Morgan fingerprint density at radius 2 is 0.804 bits per heavy atom. The lowest BCUT2D eigenvalue weighted by Gasteiger charge is -2.15. The van der Waals surface area contributed by atoms with Crippen molar-refractivity contribution in [1.29, 1.82) is 0 Å². The lowest BCUT2D eigenvalue weighted by Crippen LogP contribution is -1.94. The molecule has 4 heteroatoms. The number of para-hydroxylation sites is 1. The van der Waals surface area contributed by atoms with Gasteiger partial charge in [-0.25, -0.2) is 9.97 Å². The van der Waals surface area contributed by atoms with E-state index in [-0.39, 0.29) is 0 Å². The van der Waals surface area contributed by atoms with E-state index < -0.39 is 0 Å². The van der Waals surface area contributed by atoms with Crippen molar-refractivity contribution in [3.63, 3.8) is 0 Å². The van der Waals surface area contributed by atoms with Crippen molar-refractivity contribution >= 4 is 21.7 Å². The highest BCUT2D eigenvalue weighted by atomic mass is 14.8. The highest BCUT2D eigenvalue weighted by molar-refractivity contribution is 6.17. The third kappa shape index (κ3) is 6.29. The van der Waals surface area contributed by atoms with Gasteiger partial charge in [-0.3, -0.25) is 9.97 Å². The van der Waals surface area contributed by atoms with Gasteiger partial charge in [0.15, 0.2) is 0 Å². The second-order valence-electron chi connectivity index (χ2n) is 13.9. The first-order valence-electron chi connectivity index (χ1n) is 18.8. The smallest absolute Gasteiger partial charge is 0.0900 e. The van der Waals surface area contributed by atoms with Crippen LogP contribution in [0.3, 0.4) is 0 Å². The average molecular weight is 715 g/mol. The van der Waals surface area contributed by atoms with Crippen molar-refractivity contribution in [2.24, 2.45) is 0 Å². The van der Waals surface area contributed by atoms with Gasteiger partial charge >= 0.3 is 0 Å². The molecular formula is C52H34N4. The maximum Gasteiger partial charge on any atom is 0.0900 e. The average Bonchev–Trinajstić information content (AvgIpc) is 3.29. The molecule has 0 saturated heterocycles. The van der Waals surface area contributed by atoms with Gasteiger partial charge < -0.3 is 0 Å². The third-order valence-electron chi connectivity index (χ3n) is 10.4. The molecule has 0 unspecified atom stereocenters. The van der Waals surface area contributed by atoms with Gasteiger partial charge in [-0.15, -0.1) is 0 Å². The van der Waals surface area contributed by atoms with Crippen LogP contribution in [0.25, 0.3) is 100 Å². The van der Waals surface area contributed by atoms with E-state index >= 15 is 0 Å².